The summed E-state index contributed by atoms with van der Waals surface area (Å²) in [5.41, 5.74) is 4.56. The predicted octanol–water partition coefficient (Wildman–Crippen LogP) is 3.32. The van der Waals surface area contributed by atoms with Crippen molar-refractivity contribution < 1.29 is 42.7 Å². The standard InChI is InChI=1S/C30H39NO9/c1-31(30(33)38-16-24-22-12-8-6-10-20(22)21-11-7-9-13-23(21)24)14-19(15-32)25-26(39-17-34-2)28(36-4)29(37-5)27(25)40-18-35-3/h6-13,15,19,24-29H,14,16-18H2,1-5H3/t19?,25?,26-,27+,28-,29+. The van der Waals surface area contributed by atoms with Crippen LogP contribution in [0, 0.1) is 11.8 Å². The molecule has 1 amide bonds. The lowest BCUT2D eigenvalue weighted by molar-refractivity contribution is -0.149. The fraction of sp³-hybridized carbons (Fsp3) is 0.533. The first-order valence-electron chi connectivity index (χ1n) is 13.3. The van der Waals surface area contributed by atoms with E-state index in [2.05, 4.69) is 24.3 Å². The van der Waals surface area contributed by atoms with E-state index in [1.54, 1.807) is 21.3 Å². The Labute approximate surface area is 235 Å². The van der Waals surface area contributed by atoms with E-state index in [-0.39, 0.29) is 32.7 Å². The van der Waals surface area contributed by atoms with Gasteiger partial charge in [-0.25, -0.2) is 4.79 Å². The molecule has 6 atom stereocenters. The van der Waals surface area contributed by atoms with Crippen LogP contribution in [0.3, 0.4) is 0 Å². The Morgan fingerprint density at radius 3 is 1.77 bits per heavy atom. The molecule has 1 fully saturated rings. The Morgan fingerprint density at radius 2 is 1.32 bits per heavy atom. The van der Waals surface area contributed by atoms with E-state index in [9.17, 15) is 9.59 Å². The summed E-state index contributed by atoms with van der Waals surface area (Å²) in [5, 5.41) is 0. The van der Waals surface area contributed by atoms with Gasteiger partial charge in [-0.1, -0.05) is 48.5 Å². The molecule has 0 aliphatic heterocycles. The molecule has 2 aromatic rings. The van der Waals surface area contributed by atoms with Crippen LogP contribution in [0.4, 0.5) is 4.79 Å². The van der Waals surface area contributed by atoms with Gasteiger partial charge in [0.05, 0.1) is 12.2 Å². The maximum Gasteiger partial charge on any atom is 0.409 e. The first-order valence-corrected chi connectivity index (χ1v) is 13.3. The smallest absolute Gasteiger partial charge is 0.409 e. The molecule has 0 saturated heterocycles. The average molecular weight is 558 g/mol. The highest BCUT2D eigenvalue weighted by Crippen LogP contribution is 2.44. The average Bonchev–Trinajstić information content (AvgIpc) is 3.47. The van der Waals surface area contributed by atoms with Gasteiger partial charge in [-0.3, -0.25) is 0 Å². The highest BCUT2D eigenvalue weighted by Gasteiger charge is 2.56. The van der Waals surface area contributed by atoms with Gasteiger partial charge >= 0.3 is 6.09 Å². The topological polar surface area (TPSA) is 102 Å². The molecule has 4 rings (SSSR count). The van der Waals surface area contributed by atoms with Crippen molar-refractivity contribution in [1.29, 1.82) is 0 Å². The lowest BCUT2D eigenvalue weighted by Crippen LogP contribution is -2.44. The minimum Gasteiger partial charge on any atom is -0.448 e. The number of hydrogen-bond donors (Lipinski definition) is 0. The quantitative estimate of drug-likeness (QED) is 0.256. The number of fused-ring (bicyclic) bond motifs is 3. The molecule has 40 heavy (non-hydrogen) atoms. The van der Waals surface area contributed by atoms with E-state index in [0.717, 1.165) is 28.5 Å². The van der Waals surface area contributed by atoms with E-state index >= 15 is 0 Å². The van der Waals surface area contributed by atoms with Crippen LogP contribution in [-0.2, 0) is 38.0 Å². The van der Waals surface area contributed by atoms with Gasteiger partial charge in [-0.2, -0.15) is 0 Å². The number of carbonyl (C=O) groups excluding carboxylic acids is 2. The largest absolute Gasteiger partial charge is 0.448 e. The third-order valence-corrected chi connectivity index (χ3v) is 7.83. The Kier molecular flexibility index (Phi) is 10.7. The minimum atomic E-state index is -0.674. The second-order valence-electron chi connectivity index (χ2n) is 10.0. The van der Waals surface area contributed by atoms with Gasteiger partial charge < -0.3 is 42.9 Å². The van der Waals surface area contributed by atoms with Crippen molar-refractivity contribution in [3.05, 3.63) is 59.7 Å². The molecule has 0 spiro atoms. The second kappa shape index (κ2) is 14.2. The number of carbonyl (C=O) groups is 2. The summed E-state index contributed by atoms with van der Waals surface area (Å²) in [4.78, 5) is 27.1. The maximum atomic E-state index is 13.2. The fourth-order valence-electron chi connectivity index (χ4n) is 6.08. The number of nitrogens with zero attached hydrogens (tertiary/aromatic N) is 1. The van der Waals surface area contributed by atoms with Gasteiger partial charge in [-0.15, -0.1) is 0 Å². The van der Waals surface area contributed by atoms with Crippen LogP contribution in [0.15, 0.2) is 48.5 Å². The SMILES string of the molecule is COCO[C@@H]1C(C(C=O)CN(C)C(=O)OCC2c3ccccc3-c3ccccc32)[C@H](OCOC)[C@H](OC)[C@@H]1OC. The van der Waals surface area contributed by atoms with Crippen molar-refractivity contribution in [3.63, 3.8) is 0 Å². The van der Waals surface area contributed by atoms with Gasteiger partial charge in [0.15, 0.2) is 0 Å². The molecule has 0 aromatic heterocycles. The Bertz CT molecular complexity index is 1060. The van der Waals surface area contributed by atoms with Gasteiger partial charge in [-0.05, 0) is 22.3 Å². The summed E-state index contributed by atoms with van der Waals surface area (Å²) in [6.07, 6.45) is -1.97. The highest BCUT2D eigenvalue weighted by atomic mass is 16.7. The molecular formula is C30H39NO9. The van der Waals surface area contributed by atoms with Crippen molar-refractivity contribution in [3.8, 4) is 11.1 Å². The molecule has 218 valence electrons. The van der Waals surface area contributed by atoms with E-state index in [4.69, 9.17) is 33.2 Å². The van der Waals surface area contributed by atoms with E-state index in [0.29, 0.717) is 0 Å². The van der Waals surface area contributed by atoms with Crippen molar-refractivity contribution in [2.45, 2.75) is 30.3 Å². The zero-order valence-corrected chi connectivity index (χ0v) is 23.7. The molecule has 2 aliphatic carbocycles. The number of benzene rings is 2. The minimum absolute atomic E-state index is 0.0117. The molecule has 0 N–H and O–H groups in total. The lowest BCUT2D eigenvalue weighted by atomic mass is 9.87. The molecule has 10 heteroatoms. The van der Waals surface area contributed by atoms with Crippen molar-refractivity contribution in [1.82, 2.24) is 4.90 Å². The molecule has 0 heterocycles. The van der Waals surface area contributed by atoms with Gasteiger partial charge in [0.25, 0.3) is 0 Å². The van der Waals surface area contributed by atoms with Gasteiger partial charge in [0.2, 0.25) is 0 Å². The molecule has 0 bridgehead atoms. The molecule has 1 saturated carbocycles. The third-order valence-electron chi connectivity index (χ3n) is 7.83. The molecule has 2 aromatic carbocycles. The monoisotopic (exact) mass is 557 g/mol. The molecule has 2 unspecified atom stereocenters. The normalized spacial score (nSPS) is 24.4. The lowest BCUT2D eigenvalue weighted by Gasteiger charge is -2.32. The van der Waals surface area contributed by atoms with Crippen LogP contribution in [0.25, 0.3) is 11.1 Å². The molecule has 2 aliphatic rings. The number of aldehydes is 1. The summed E-state index contributed by atoms with van der Waals surface area (Å²) < 4.78 is 39.5. The summed E-state index contributed by atoms with van der Waals surface area (Å²) in [7, 11) is 7.74. The van der Waals surface area contributed by atoms with E-state index < -0.39 is 42.3 Å². The predicted molar refractivity (Wildman–Crippen MR) is 146 cm³/mol. The van der Waals surface area contributed by atoms with Crippen LogP contribution >= 0.6 is 0 Å². The summed E-state index contributed by atoms with van der Waals surface area (Å²) in [5.74, 6) is -1.25. The molecular weight excluding hydrogens is 518 g/mol. The third kappa shape index (κ3) is 6.07. The van der Waals surface area contributed by atoms with Crippen molar-refractivity contribution in [2.24, 2.45) is 11.8 Å². The number of ether oxygens (including phenoxy) is 7. The first kappa shape index (κ1) is 30.1. The molecule has 10 nitrogen and oxygen atoms in total. The van der Waals surface area contributed by atoms with Crippen LogP contribution in [0.2, 0.25) is 0 Å². The summed E-state index contributed by atoms with van der Waals surface area (Å²) >= 11 is 0. The first-order chi connectivity index (χ1) is 19.5. The van der Waals surface area contributed by atoms with Crippen molar-refractivity contribution in [2.75, 3.05) is 62.2 Å². The van der Waals surface area contributed by atoms with Crippen LogP contribution < -0.4 is 0 Å². The van der Waals surface area contributed by atoms with Crippen LogP contribution in [-0.4, -0.2) is 104 Å². The van der Waals surface area contributed by atoms with E-state index in [1.165, 1.54) is 19.1 Å². The zero-order valence-electron chi connectivity index (χ0n) is 23.7. The Morgan fingerprint density at radius 1 is 0.825 bits per heavy atom. The van der Waals surface area contributed by atoms with Crippen LogP contribution in [0.5, 0.6) is 0 Å². The van der Waals surface area contributed by atoms with Crippen molar-refractivity contribution >= 4 is 12.4 Å². The fourth-order valence-corrected chi connectivity index (χ4v) is 6.08. The number of amides is 1. The summed E-state index contributed by atoms with van der Waals surface area (Å²) in [6, 6.07) is 16.3. The number of methoxy groups -OCH3 is 4. The Hall–Kier alpha value is -2.86. The van der Waals surface area contributed by atoms with Gasteiger partial charge in [0, 0.05) is 59.8 Å². The van der Waals surface area contributed by atoms with E-state index in [1.807, 2.05) is 24.3 Å². The zero-order chi connectivity index (χ0) is 28.6. The summed E-state index contributed by atoms with van der Waals surface area (Å²) in [6.45, 7) is 0.241. The maximum absolute atomic E-state index is 13.2. The number of hydrogen-bond acceptors (Lipinski definition) is 9. The second-order valence-corrected chi connectivity index (χ2v) is 10.0. The highest BCUT2D eigenvalue weighted by molar-refractivity contribution is 5.79. The van der Waals surface area contributed by atoms with Crippen LogP contribution in [0.1, 0.15) is 17.0 Å². The number of rotatable bonds is 14. The molecule has 0 radical (unpaired) electrons. The Balaban J connectivity index is 1.48. The van der Waals surface area contributed by atoms with Gasteiger partial charge in [0.1, 0.15) is 38.7 Å².